The first-order valence-electron chi connectivity index (χ1n) is 8.88. The lowest BCUT2D eigenvalue weighted by atomic mass is 9.98. The van der Waals surface area contributed by atoms with Crippen molar-refractivity contribution in [2.24, 2.45) is 0 Å². The molecule has 29 heavy (non-hydrogen) atoms. The predicted octanol–water partition coefficient (Wildman–Crippen LogP) is 5.85. The van der Waals surface area contributed by atoms with E-state index in [-0.39, 0.29) is 5.56 Å². The molecule has 0 aliphatic rings. The van der Waals surface area contributed by atoms with Gasteiger partial charge in [0, 0.05) is 17.3 Å². The highest BCUT2D eigenvalue weighted by Gasteiger charge is 2.13. The van der Waals surface area contributed by atoms with Gasteiger partial charge in [-0.05, 0) is 60.0 Å². The van der Waals surface area contributed by atoms with Gasteiger partial charge >= 0.3 is 0 Å². The monoisotopic (exact) mass is 390 g/mol. The molecular formula is C23H16F2N2O2. The van der Waals surface area contributed by atoms with Crippen LogP contribution in [0.1, 0.15) is 15.9 Å². The van der Waals surface area contributed by atoms with E-state index in [1.807, 2.05) is 37.3 Å². The molecule has 0 saturated carbocycles. The van der Waals surface area contributed by atoms with Crippen molar-refractivity contribution in [3.63, 3.8) is 0 Å². The molecule has 3 aromatic carbocycles. The minimum atomic E-state index is -0.905. The number of hydrogen-bond acceptors (Lipinski definition) is 3. The molecule has 144 valence electrons. The van der Waals surface area contributed by atoms with Gasteiger partial charge in [0.15, 0.2) is 0 Å². The summed E-state index contributed by atoms with van der Waals surface area (Å²) in [5.74, 6) is -1.74. The van der Waals surface area contributed by atoms with E-state index in [0.29, 0.717) is 17.6 Å². The Morgan fingerprint density at radius 3 is 2.41 bits per heavy atom. The molecule has 1 aromatic heterocycles. The van der Waals surface area contributed by atoms with Crippen LogP contribution in [0, 0.1) is 18.6 Å². The third-order valence-electron chi connectivity index (χ3n) is 4.55. The van der Waals surface area contributed by atoms with Gasteiger partial charge in [-0.25, -0.2) is 13.8 Å². The number of halogens is 2. The third kappa shape index (κ3) is 3.91. The molecule has 0 aliphatic heterocycles. The lowest BCUT2D eigenvalue weighted by Crippen LogP contribution is -2.13. The van der Waals surface area contributed by atoms with Crippen LogP contribution in [-0.4, -0.2) is 10.9 Å². The van der Waals surface area contributed by atoms with Crippen LogP contribution in [0.5, 0.6) is 0 Å². The van der Waals surface area contributed by atoms with Gasteiger partial charge < -0.3 is 9.73 Å². The fourth-order valence-corrected chi connectivity index (χ4v) is 3.04. The van der Waals surface area contributed by atoms with Crippen LogP contribution in [0.15, 0.2) is 77.5 Å². The summed E-state index contributed by atoms with van der Waals surface area (Å²) in [6.45, 7) is 2.00. The SMILES string of the molecule is Cc1ccc(-c2ncco2)cc1-c1ccc(NC(=O)c2ccc(F)cc2F)cc1. The minimum Gasteiger partial charge on any atom is -0.445 e. The van der Waals surface area contributed by atoms with Crippen molar-refractivity contribution in [3.05, 3.63) is 95.9 Å². The van der Waals surface area contributed by atoms with Crippen LogP contribution in [0.4, 0.5) is 14.5 Å². The number of aryl methyl sites for hydroxylation is 1. The lowest BCUT2D eigenvalue weighted by molar-refractivity contribution is 0.102. The zero-order valence-electron chi connectivity index (χ0n) is 15.4. The lowest BCUT2D eigenvalue weighted by Gasteiger charge is -2.10. The first kappa shape index (κ1) is 18.6. The van der Waals surface area contributed by atoms with E-state index < -0.39 is 17.5 Å². The fraction of sp³-hybridized carbons (Fsp3) is 0.0435. The number of carbonyl (C=O) groups is 1. The van der Waals surface area contributed by atoms with Crippen LogP contribution in [-0.2, 0) is 0 Å². The van der Waals surface area contributed by atoms with Gasteiger partial charge in [0.1, 0.15) is 17.9 Å². The second kappa shape index (κ2) is 7.67. The summed E-state index contributed by atoms with van der Waals surface area (Å²) in [4.78, 5) is 16.4. The molecule has 4 aromatic rings. The van der Waals surface area contributed by atoms with Crippen LogP contribution >= 0.6 is 0 Å². The Morgan fingerprint density at radius 2 is 1.72 bits per heavy atom. The molecular weight excluding hydrogens is 374 g/mol. The first-order chi connectivity index (χ1) is 14.0. The average Bonchev–Trinajstić information content (AvgIpc) is 3.24. The summed E-state index contributed by atoms with van der Waals surface area (Å²) < 4.78 is 32.1. The standard InChI is InChI=1S/C23H16F2N2O2/c1-14-2-3-16(23-26-10-11-29-23)12-20(14)15-4-7-18(8-5-15)27-22(28)19-9-6-17(24)13-21(19)25/h2-13H,1H3,(H,27,28). The second-order valence-corrected chi connectivity index (χ2v) is 6.52. The van der Waals surface area contributed by atoms with Crippen molar-refractivity contribution in [1.29, 1.82) is 0 Å². The number of nitrogens with zero attached hydrogens (tertiary/aromatic N) is 1. The smallest absolute Gasteiger partial charge is 0.258 e. The number of hydrogen-bond donors (Lipinski definition) is 1. The van der Waals surface area contributed by atoms with Crippen LogP contribution in [0.2, 0.25) is 0 Å². The van der Waals surface area contributed by atoms with E-state index in [0.717, 1.165) is 34.4 Å². The van der Waals surface area contributed by atoms with E-state index in [9.17, 15) is 13.6 Å². The van der Waals surface area contributed by atoms with E-state index in [4.69, 9.17) is 4.42 Å². The van der Waals surface area contributed by atoms with Gasteiger partial charge in [0.2, 0.25) is 5.89 Å². The number of oxazole rings is 1. The molecule has 6 heteroatoms. The maximum Gasteiger partial charge on any atom is 0.258 e. The summed E-state index contributed by atoms with van der Waals surface area (Å²) in [7, 11) is 0. The Bertz CT molecular complexity index is 1170. The van der Waals surface area contributed by atoms with Crippen molar-refractivity contribution in [2.45, 2.75) is 6.92 Å². The molecule has 0 spiro atoms. The van der Waals surface area contributed by atoms with Crippen LogP contribution in [0.3, 0.4) is 0 Å². The molecule has 0 radical (unpaired) electrons. The highest BCUT2D eigenvalue weighted by Crippen LogP contribution is 2.29. The summed E-state index contributed by atoms with van der Waals surface area (Å²) in [6.07, 6.45) is 3.12. The topological polar surface area (TPSA) is 55.1 Å². The maximum atomic E-state index is 13.8. The summed E-state index contributed by atoms with van der Waals surface area (Å²) in [5, 5.41) is 2.62. The van der Waals surface area contributed by atoms with Gasteiger partial charge in [0.05, 0.1) is 11.8 Å². The number of rotatable bonds is 4. The Labute approximate surface area is 165 Å². The number of anilines is 1. The number of carbonyl (C=O) groups excluding carboxylic acids is 1. The van der Waals surface area contributed by atoms with Gasteiger partial charge in [0.25, 0.3) is 5.91 Å². The highest BCUT2D eigenvalue weighted by molar-refractivity contribution is 6.04. The molecule has 0 atom stereocenters. The summed E-state index contributed by atoms with van der Waals surface area (Å²) in [6, 6.07) is 15.9. The third-order valence-corrected chi connectivity index (χ3v) is 4.55. The molecule has 4 rings (SSSR count). The molecule has 1 N–H and O–H groups in total. The zero-order valence-corrected chi connectivity index (χ0v) is 15.4. The Kier molecular flexibility index (Phi) is 4.91. The molecule has 1 amide bonds. The van der Waals surface area contributed by atoms with E-state index in [1.54, 1.807) is 18.3 Å². The van der Waals surface area contributed by atoms with E-state index >= 15 is 0 Å². The van der Waals surface area contributed by atoms with Crippen molar-refractivity contribution in [2.75, 3.05) is 5.32 Å². The van der Waals surface area contributed by atoms with Gasteiger partial charge in [-0.1, -0.05) is 18.2 Å². The maximum absolute atomic E-state index is 13.8. The average molecular weight is 390 g/mol. The molecule has 1 heterocycles. The Balaban J connectivity index is 1.57. The Morgan fingerprint density at radius 1 is 0.966 bits per heavy atom. The van der Waals surface area contributed by atoms with Crippen molar-refractivity contribution < 1.29 is 18.0 Å². The van der Waals surface area contributed by atoms with Crippen LogP contribution < -0.4 is 5.32 Å². The number of aromatic nitrogens is 1. The number of amides is 1. The molecule has 4 nitrogen and oxygen atoms in total. The normalized spacial score (nSPS) is 10.7. The predicted molar refractivity (Wildman–Crippen MR) is 106 cm³/mol. The molecule has 0 saturated heterocycles. The van der Waals surface area contributed by atoms with Crippen LogP contribution in [0.25, 0.3) is 22.6 Å². The van der Waals surface area contributed by atoms with Crippen molar-refractivity contribution >= 4 is 11.6 Å². The van der Waals surface area contributed by atoms with Crippen molar-refractivity contribution in [3.8, 4) is 22.6 Å². The molecule has 0 aliphatic carbocycles. The summed E-state index contributed by atoms with van der Waals surface area (Å²) in [5.41, 5.74) is 4.17. The van der Waals surface area contributed by atoms with Crippen molar-refractivity contribution in [1.82, 2.24) is 4.98 Å². The van der Waals surface area contributed by atoms with Gasteiger partial charge in [-0.2, -0.15) is 0 Å². The highest BCUT2D eigenvalue weighted by atomic mass is 19.1. The van der Waals surface area contributed by atoms with Gasteiger partial charge in [-0.3, -0.25) is 4.79 Å². The molecule has 0 fully saturated rings. The largest absolute Gasteiger partial charge is 0.445 e. The second-order valence-electron chi connectivity index (χ2n) is 6.52. The quantitative estimate of drug-likeness (QED) is 0.476. The van der Waals surface area contributed by atoms with E-state index in [1.165, 1.54) is 6.26 Å². The van der Waals surface area contributed by atoms with Gasteiger partial charge in [-0.15, -0.1) is 0 Å². The minimum absolute atomic E-state index is 0.218. The summed E-state index contributed by atoms with van der Waals surface area (Å²) >= 11 is 0. The first-order valence-corrected chi connectivity index (χ1v) is 8.88. The number of nitrogens with one attached hydrogen (secondary N) is 1. The Hall–Kier alpha value is -3.80. The molecule has 0 unspecified atom stereocenters. The molecule has 0 bridgehead atoms. The van der Waals surface area contributed by atoms with E-state index in [2.05, 4.69) is 10.3 Å². The zero-order chi connectivity index (χ0) is 20.4. The fourth-order valence-electron chi connectivity index (χ4n) is 3.04. The number of benzene rings is 3.